The van der Waals surface area contributed by atoms with Crippen LogP contribution in [0.1, 0.15) is 72.6 Å². The number of aliphatic hydroxyl groups excluding tert-OH is 1. The van der Waals surface area contributed by atoms with Gasteiger partial charge in [0.2, 0.25) is 11.8 Å². The van der Waals surface area contributed by atoms with E-state index in [1.54, 1.807) is 0 Å². The fourth-order valence-electron chi connectivity index (χ4n) is 3.28. The van der Waals surface area contributed by atoms with Crippen LogP contribution in [0.5, 0.6) is 0 Å². The number of unbranched alkanes of at least 4 members (excludes halogenated alkanes) is 2. The van der Waals surface area contributed by atoms with Crippen molar-refractivity contribution in [1.29, 1.82) is 0 Å². The molecule has 152 valence electrons. The minimum absolute atomic E-state index is 0.0832. The number of terminal acetylenes is 1. The van der Waals surface area contributed by atoms with Crippen LogP contribution in [0.3, 0.4) is 0 Å². The molecule has 1 rings (SSSR count). The first-order chi connectivity index (χ1) is 12.6. The Kier molecular flexibility index (Phi) is 8.98. The minimum Gasteiger partial charge on any atom is -0.391 e. The van der Waals surface area contributed by atoms with Crippen LogP contribution in [-0.4, -0.2) is 52.3 Å². The van der Waals surface area contributed by atoms with Gasteiger partial charge < -0.3 is 15.3 Å². The van der Waals surface area contributed by atoms with E-state index < -0.39 is 23.6 Å². The van der Waals surface area contributed by atoms with E-state index in [4.69, 9.17) is 6.42 Å². The predicted molar refractivity (Wildman–Crippen MR) is 105 cm³/mol. The molecule has 1 aliphatic rings. The smallest absolute Gasteiger partial charge is 0.246 e. The van der Waals surface area contributed by atoms with Crippen molar-refractivity contribution in [1.82, 2.24) is 10.2 Å². The molecule has 0 aliphatic carbocycles. The Morgan fingerprint density at radius 2 is 1.93 bits per heavy atom. The number of amides is 2. The molecule has 0 aromatic heterocycles. The van der Waals surface area contributed by atoms with Gasteiger partial charge in [-0.1, -0.05) is 34.1 Å². The maximum absolute atomic E-state index is 13.2. The SMILES string of the molecule is C#CCCCC(=O)[C@@H]1C[C@@H](O)CN1C(=O)C(NC(=O)CCCC)C(C)(C)C. The summed E-state index contributed by atoms with van der Waals surface area (Å²) in [5.74, 6) is 1.95. The quantitative estimate of drug-likeness (QED) is 0.475. The number of carbonyl (C=O) groups is 3. The summed E-state index contributed by atoms with van der Waals surface area (Å²) in [5.41, 5.74) is -0.510. The average Bonchev–Trinajstić information content (AvgIpc) is 2.98. The zero-order valence-corrected chi connectivity index (χ0v) is 17.1. The third-order valence-electron chi connectivity index (χ3n) is 4.85. The van der Waals surface area contributed by atoms with E-state index in [9.17, 15) is 19.5 Å². The highest BCUT2D eigenvalue weighted by atomic mass is 16.3. The number of β-amino-alcohol motifs (C(OH)–C–C–N with tert-alkyl or cyclic N) is 1. The third kappa shape index (κ3) is 6.99. The maximum Gasteiger partial charge on any atom is 0.246 e. The molecule has 6 heteroatoms. The van der Waals surface area contributed by atoms with E-state index in [-0.39, 0.29) is 37.0 Å². The van der Waals surface area contributed by atoms with Gasteiger partial charge in [-0.3, -0.25) is 14.4 Å². The molecule has 0 radical (unpaired) electrons. The number of aliphatic hydroxyl groups is 1. The number of hydrogen-bond donors (Lipinski definition) is 2. The molecule has 0 spiro atoms. The molecule has 2 N–H and O–H groups in total. The van der Waals surface area contributed by atoms with Gasteiger partial charge in [0.05, 0.1) is 12.1 Å². The van der Waals surface area contributed by atoms with E-state index in [0.717, 1.165) is 12.8 Å². The van der Waals surface area contributed by atoms with Crippen LogP contribution in [0.2, 0.25) is 0 Å². The lowest BCUT2D eigenvalue weighted by molar-refractivity contribution is -0.143. The molecular weight excluding hydrogens is 344 g/mol. The zero-order valence-electron chi connectivity index (χ0n) is 17.1. The second-order valence-electron chi connectivity index (χ2n) is 8.39. The maximum atomic E-state index is 13.2. The van der Waals surface area contributed by atoms with Gasteiger partial charge in [0.15, 0.2) is 5.78 Å². The lowest BCUT2D eigenvalue weighted by Crippen LogP contribution is -2.56. The summed E-state index contributed by atoms with van der Waals surface area (Å²) in [6.45, 7) is 7.76. The highest BCUT2D eigenvalue weighted by Crippen LogP contribution is 2.27. The van der Waals surface area contributed by atoms with Gasteiger partial charge >= 0.3 is 0 Å². The summed E-state index contributed by atoms with van der Waals surface area (Å²) in [7, 11) is 0. The number of nitrogens with one attached hydrogen (secondary N) is 1. The molecule has 1 fully saturated rings. The average molecular weight is 379 g/mol. The van der Waals surface area contributed by atoms with Crippen LogP contribution in [-0.2, 0) is 14.4 Å². The molecule has 2 amide bonds. The van der Waals surface area contributed by atoms with Crippen molar-refractivity contribution in [2.75, 3.05) is 6.54 Å². The lowest BCUT2D eigenvalue weighted by Gasteiger charge is -2.35. The van der Waals surface area contributed by atoms with E-state index in [0.29, 0.717) is 19.3 Å². The fourth-order valence-corrected chi connectivity index (χ4v) is 3.28. The molecule has 0 bridgehead atoms. The molecule has 1 unspecified atom stereocenters. The van der Waals surface area contributed by atoms with E-state index in [1.807, 2.05) is 27.7 Å². The number of nitrogens with zero attached hydrogens (tertiary/aromatic N) is 1. The lowest BCUT2D eigenvalue weighted by atomic mass is 9.85. The van der Waals surface area contributed by atoms with Gasteiger partial charge in [-0.2, -0.15) is 0 Å². The van der Waals surface area contributed by atoms with Crippen molar-refractivity contribution < 1.29 is 19.5 Å². The van der Waals surface area contributed by atoms with Crippen molar-refractivity contribution in [2.24, 2.45) is 5.41 Å². The first-order valence-corrected chi connectivity index (χ1v) is 9.85. The van der Waals surface area contributed by atoms with Gasteiger partial charge in [-0.25, -0.2) is 0 Å². The highest BCUT2D eigenvalue weighted by molar-refractivity contribution is 5.93. The number of rotatable bonds is 9. The van der Waals surface area contributed by atoms with E-state index in [1.165, 1.54) is 4.90 Å². The summed E-state index contributed by atoms with van der Waals surface area (Å²) < 4.78 is 0. The minimum atomic E-state index is -0.742. The van der Waals surface area contributed by atoms with Gasteiger partial charge in [0.25, 0.3) is 0 Å². The molecule has 1 aliphatic heterocycles. The van der Waals surface area contributed by atoms with Gasteiger partial charge in [0.1, 0.15) is 6.04 Å². The molecule has 0 saturated carbocycles. The van der Waals surface area contributed by atoms with E-state index in [2.05, 4.69) is 11.2 Å². The number of ketones is 1. The summed E-state index contributed by atoms with van der Waals surface area (Å²) in [6, 6.07) is -1.39. The van der Waals surface area contributed by atoms with E-state index >= 15 is 0 Å². The molecule has 0 aromatic carbocycles. The second kappa shape index (κ2) is 10.5. The van der Waals surface area contributed by atoms with Gasteiger partial charge in [0, 0.05) is 32.2 Å². The number of carbonyl (C=O) groups excluding carboxylic acids is 3. The monoisotopic (exact) mass is 378 g/mol. The normalized spacial score (nSPS) is 20.8. The number of Topliss-reactive ketones (excluding diaryl/α,β-unsaturated/α-hetero) is 1. The molecule has 27 heavy (non-hydrogen) atoms. The third-order valence-corrected chi connectivity index (χ3v) is 4.85. The fraction of sp³-hybridized carbons (Fsp3) is 0.762. The Bertz CT molecular complexity index is 574. The standard InChI is InChI=1S/C21H34N2O4/c1-6-8-10-11-17(25)16-13-15(24)14-23(16)20(27)19(21(3,4)5)22-18(26)12-9-7-2/h1,15-16,19,24H,7-14H2,2-5H3,(H,22,26)/t15-,16+,19?/m1/s1. The first-order valence-electron chi connectivity index (χ1n) is 9.85. The summed E-state index contributed by atoms with van der Waals surface area (Å²) >= 11 is 0. The highest BCUT2D eigenvalue weighted by Gasteiger charge is 2.43. The second-order valence-corrected chi connectivity index (χ2v) is 8.39. The predicted octanol–water partition coefficient (Wildman–Crippen LogP) is 2.04. The molecule has 1 saturated heterocycles. The summed E-state index contributed by atoms with van der Waals surface area (Å²) in [4.78, 5) is 39.4. The van der Waals surface area contributed by atoms with Gasteiger partial charge in [-0.05, 0) is 18.3 Å². The van der Waals surface area contributed by atoms with Crippen molar-refractivity contribution >= 4 is 17.6 Å². The Labute approximate surface area is 163 Å². The Balaban J connectivity index is 2.92. The first kappa shape index (κ1) is 23.2. The van der Waals surface area contributed by atoms with Crippen LogP contribution in [0, 0.1) is 17.8 Å². The molecule has 1 heterocycles. The van der Waals surface area contributed by atoms with Crippen LogP contribution >= 0.6 is 0 Å². The molecule has 0 aromatic rings. The van der Waals surface area contributed by atoms with Crippen molar-refractivity contribution in [3.8, 4) is 12.3 Å². The van der Waals surface area contributed by atoms with Crippen molar-refractivity contribution in [3.63, 3.8) is 0 Å². The van der Waals surface area contributed by atoms with Crippen LogP contribution in [0.15, 0.2) is 0 Å². The number of hydrogen-bond acceptors (Lipinski definition) is 4. The zero-order chi connectivity index (χ0) is 20.6. The largest absolute Gasteiger partial charge is 0.391 e. The number of likely N-dealkylation sites (tertiary alicyclic amines) is 1. The summed E-state index contributed by atoms with van der Waals surface area (Å²) in [5, 5.41) is 12.9. The molecule has 6 nitrogen and oxygen atoms in total. The summed E-state index contributed by atoms with van der Waals surface area (Å²) in [6.07, 6.45) is 8.12. The van der Waals surface area contributed by atoms with Crippen molar-refractivity contribution in [2.45, 2.75) is 90.8 Å². The topological polar surface area (TPSA) is 86.7 Å². The van der Waals surface area contributed by atoms with Crippen LogP contribution in [0.4, 0.5) is 0 Å². The Hall–Kier alpha value is -1.87. The van der Waals surface area contributed by atoms with Crippen LogP contribution < -0.4 is 5.32 Å². The molecular formula is C21H34N2O4. The molecule has 3 atom stereocenters. The van der Waals surface area contributed by atoms with Crippen LogP contribution in [0.25, 0.3) is 0 Å². The Morgan fingerprint density at radius 3 is 2.48 bits per heavy atom. The van der Waals surface area contributed by atoms with Gasteiger partial charge in [-0.15, -0.1) is 12.3 Å². The van der Waals surface area contributed by atoms with Crippen molar-refractivity contribution in [3.05, 3.63) is 0 Å². The Morgan fingerprint density at radius 1 is 1.26 bits per heavy atom.